The van der Waals surface area contributed by atoms with Crippen LogP contribution in [0, 0.1) is 6.92 Å². The van der Waals surface area contributed by atoms with Gasteiger partial charge in [0, 0.05) is 68.0 Å². The molecule has 2 aromatic heterocycles. The van der Waals surface area contributed by atoms with Crippen molar-refractivity contribution in [3.8, 4) is 0 Å². The van der Waals surface area contributed by atoms with E-state index in [2.05, 4.69) is 15.3 Å². The molecule has 2 fully saturated rings. The van der Waals surface area contributed by atoms with Gasteiger partial charge in [0.2, 0.25) is 11.8 Å². The molecule has 4 rings (SSSR count). The molecule has 2 amide bonds. The number of hydrogen-bond donors (Lipinski definition) is 1. The van der Waals surface area contributed by atoms with E-state index in [1.165, 1.54) is 0 Å². The van der Waals surface area contributed by atoms with Gasteiger partial charge < -0.3 is 19.9 Å². The fourth-order valence-electron chi connectivity index (χ4n) is 4.30. The molecule has 0 aliphatic carbocycles. The van der Waals surface area contributed by atoms with Gasteiger partial charge in [-0.3, -0.25) is 19.6 Å². The molecule has 9 heteroatoms. The summed E-state index contributed by atoms with van der Waals surface area (Å²) in [5.74, 6) is 1.03. The predicted octanol–water partition coefficient (Wildman–Crippen LogP) is 2.27. The monoisotopic (exact) mass is 438 g/mol. The minimum atomic E-state index is -0.00647. The number of rotatable bonds is 8. The number of anilines is 2. The minimum Gasteiger partial charge on any atom is -0.370 e. The van der Waals surface area contributed by atoms with Gasteiger partial charge in [0.1, 0.15) is 12.4 Å². The summed E-state index contributed by atoms with van der Waals surface area (Å²) >= 11 is 0. The summed E-state index contributed by atoms with van der Waals surface area (Å²) in [6, 6.07) is 4.01. The van der Waals surface area contributed by atoms with Gasteiger partial charge in [-0.25, -0.2) is 4.98 Å². The van der Waals surface area contributed by atoms with Crippen LogP contribution < -0.4 is 5.32 Å². The lowest BCUT2D eigenvalue weighted by Crippen LogP contribution is -2.41. The Bertz CT molecular complexity index is 939. The van der Waals surface area contributed by atoms with Gasteiger partial charge in [-0.05, 0) is 38.3 Å². The number of hydrogen-bond acceptors (Lipinski definition) is 7. The molecule has 1 atom stereocenters. The van der Waals surface area contributed by atoms with Crippen molar-refractivity contribution in [3.05, 3.63) is 42.1 Å². The highest BCUT2D eigenvalue weighted by atomic mass is 16.5. The van der Waals surface area contributed by atoms with Crippen molar-refractivity contribution in [2.75, 3.05) is 44.7 Å². The Morgan fingerprint density at radius 3 is 2.94 bits per heavy atom. The Hall–Kier alpha value is -3.07. The molecule has 2 aliphatic heterocycles. The van der Waals surface area contributed by atoms with Gasteiger partial charge >= 0.3 is 0 Å². The molecule has 0 spiro atoms. The van der Waals surface area contributed by atoms with E-state index in [1.54, 1.807) is 23.5 Å². The van der Waals surface area contributed by atoms with Crippen molar-refractivity contribution < 1.29 is 14.3 Å². The summed E-state index contributed by atoms with van der Waals surface area (Å²) in [5.41, 5.74) is 2.80. The second kappa shape index (κ2) is 10.5. The van der Waals surface area contributed by atoms with E-state index in [0.29, 0.717) is 31.9 Å². The van der Waals surface area contributed by atoms with Crippen LogP contribution in [0.25, 0.3) is 0 Å². The van der Waals surface area contributed by atoms with Crippen molar-refractivity contribution in [1.82, 2.24) is 24.8 Å². The van der Waals surface area contributed by atoms with Crippen molar-refractivity contribution in [3.63, 3.8) is 0 Å². The summed E-state index contributed by atoms with van der Waals surface area (Å²) in [4.78, 5) is 41.1. The first kappa shape index (κ1) is 22.1. The topological polar surface area (TPSA) is 101 Å². The fourth-order valence-corrected chi connectivity index (χ4v) is 4.30. The van der Waals surface area contributed by atoms with Crippen molar-refractivity contribution in [1.29, 1.82) is 0 Å². The van der Waals surface area contributed by atoms with Crippen LogP contribution in [0.2, 0.25) is 0 Å². The third kappa shape index (κ3) is 5.79. The Kier molecular flexibility index (Phi) is 7.26. The maximum atomic E-state index is 12.7. The zero-order valence-electron chi connectivity index (χ0n) is 18.5. The Labute approximate surface area is 188 Å². The lowest BCUT2D eigenvalue weighted by atomic mass is 9.93. The molecule has 4 heterocycles. The number of amides is 2. The minimum absolute atomic E-state index is 0.00647. The Morgan fingerprint density at radius 1 is 1.25 bits per heavy atom. The first-order valence-electron chi connectivity index (χ1n) is 11.2. The molecule has 2 saturated heterocycles. The van der Waals surface area contributed by atoms with Crippen molar-refractivity contribution in [2.24, 2.45) is 0 Å². The smallest absolute Gasteiger partial charge is 0.248 e. The lowest BCUT2D eigenvalue weighted by molar-refractivity contribution is -0.137. The average Bonchev–Trinajstić information content (AvgIpc) is 3.21. The molecule has 1 N–H and O–H groups in total. The van der Waals surface area contributed by atoms with Crippen LogP contribution in [0.4, 0.5) is 11.5 Å². The number of pyridine rings is 1. The Balaban J connectivity index is 1.31. The molecular weight excluding hydrogens is 408 g/mol. The molecule has 0 aromatic carbocycles. The zero-order valence-corrected chi connectivity index (χ0v) is 18.5. The first-order valence-corrected chi connectivity index (χ1v) is 11.2. The summed E-state index contributed by atoms with van der Waals surface area (Å²) < 4.78 is 5.58. The van der Waals surface area contributed by atoms with Crippen LogP contribution in [0.3, 0.4) is 0 Å². The number of ether oxygens (including phenoxy) is 1. The van der Waals surface area contributed by atoms with Crippen LogP contribution >= 0.6 is 0 Å². The highest BCUT2D eigenvalue weighted by Gasteiger charge is 2.26. The number of nitrogens with zero attached hydrogens (tertiary/aromatic N) is 5. The van der Waals surface area contributed by atoms with Crippen LogP contribution in [0.15, 0.2) is 30.7 Å². The maximum Gasteiger partial charge on any atom is 0.248 e. The third-order valence-corrected chi connectivity index (χ3v) is 5.90. The molecule has 2 aromatic rings. The largest absolute Gasteiger partial charge is 0.370 e. The molecule has 0 radical (unpaired) electrons. The van der Waals surface area contributed by atoms with Gasteiger partial charge in [-0.15, -0.1) is 0 Å². The molecule has 0 bridgehead atoms. The summed E-state index contributed by atoms with van der Waals surface area (Å²) in [6.45, 7) is 5.13. The molecule has 32 heavy (non-hydrogen) atoms. The second-order valence-corrected chi connectivity index (χ2v) is 8.35. The van der Waals surface area contributed by atoms with E-state index in [9.17, 15) is 9.59 Å². The van der Waals surface area contributed by atoms with E-state index >= 15 is 0 Å². The van der Waals surface area contributed by atoms with Gasteiger partial charge in [0.05, 0.1) is 12.8 Å². The van der Waals surface area contributed by atoms with Crippen LogP contribution in [0.1, 0.15) is 43.0 Å². The molecule has 0 saturated carbocycles. The van der Waals surface area contributed by atoms with E-state index in [0.717, 1.165) is 49.4 Å². The quantitative estimate of drug-likeness (QED) is 0.631. The molecule has 1 unspecified atom stereocenters. The highest BCUT2D eigenvalue weighted by Crippen LogP contribution is 2.28. The first-order chi connectivity index (χ1) is 15.6. The summed E-state index contributed by atoms with van der Waals surface area (Å²) in [5, 5.41) is 3.28. The number of likely N-dealkylation sites (tertiary alicyclic amines) is 2. The number of carbonyl (C=O) groups excluding carboxylic acids is 2. The zero-order chi connectivity index (χ0) is 22.3. The molecular formula is C23H30N6O3. The van der Waals surface area contributed by atoms with E-state index in [-0.39, 0.29) is 24.3 Å². The summed E-state index contributed by atoms with van der Waals surface area (Å²) in [6.07, 6.45) is 8.41. The number of nitrogens with one attached hydrogen (secondary N) is 1. The van der Waals surface area contributed by atoms with E-state index in [4.69, 9.17) is 9.72 Å². The van der Waals surface area contributed by atoms with Gasteiger partial charge in [0.15, 0.2) is 0 Å². The highest BCUT2D eigenvalue weighted by molar-refractivity contribution is 5.78. The summed E-state index contributed by atoms with van der Waals surface area (Å²) in [7, 11) is 0. The maximum absolute atomic E-state index is 12.7. The number of carbonyl (C=O) groups is 2. The van der Waals surface area contributed by atoms with Gasteiger partial charge in [-0.1, -0.05) is 0 Å². The molecule has 9 nitrogen and oxygen atoms in total. The molecule has 2 aliphatic rings. The molecule has 170 valence electrons. The van der Waals surface area contributed by atoms with Gasteiger partial charge in [-0.2, -0.15) is 0 Å². The average molecular weight is 439 g/mol. The van der Waals surface area contributed by atoms with E-state index in [1.807, 2.05) is 24.0 Å². The third-order valence-electron chi connectivity index (χ3n) is 5.90. The number of piperidine rings is 1. The Morgan fingerprint density at radius 2 is 2.16 bits per heavy atom. The van der Waals surface area contributed by atoms with Crippen LogP contribution in [-0.4, -0.2) is 76.0 Å². The standard InChI is InChI=1S/C23H30N6O3/c1-17-12-19(27-21-14-24-6-7-25-21)13-20(26-17)18-4-2-9-29(15-18)23(31)16-32-11-10-28-8-3-5-22(28)30/h6-7,12-14,18H,2-5,8-11,15-16H2,1H3,(H,25,26,27). The van der Waals surface area contributed by atoms with Crippen LogP contribution in [-0.2, 0) is 14.3 Å². The fraction of sp³-hybridized carbons (Fsp3) is 0.522. The number of aromatic nitrogens is 3. The SMILES string of the molecule is Cc1cc(Nc2cnccn2)cc(C2CCCN(C(=O)COCCN3CCCC3=O)C2)n1. The lowest BCUT2D eigenvalue weighted by Gasteiger charge is -2.32. The second-order valence-electron chi connectivity index (χ2n) is 8.35. The van der Waals surface area contributed by atoms with Gasteiger partial charge in [0.25, 0.3) is 0 Å². The normalized spacial score (nSPS) is 18.8. The van der Waals surface area contributed by atoms with Crippen LogP contribution in [0.5, 0.6) is 0 Å². The van der Waals surface area contributed by atoms with Crippen molar-refractivity contribution >= 4 is 23.3 Å². The van der Waals surface area contributed by atoms with E-state index < -0.39 is 0 Å². The number of aryl methyl sites for hydroxylation is 1. The predicted molar refractivity (Wildman–Crippen MR) is 119 cm³/mol. The van der Waals surface area contributed by atoms with Crippen molar-refractivity contribution in [2.45, 2.75) is 38.5 Å².